The zero-order chi connectivity index (χ0) is 23.3. The van der Waals surface area contributed by atoms with Crippen LogP contribution in [0.4, 0.5) is 27.7 Å². The lowest BCUT2D eigenvalue weighted by Crippen LogP contribution is -2.27. The number of benzene rings is 1. The summed E-state index contributed by atoms with van der Waals surface area (Å²) in [7, 11) is 0. The highest BCUT2D eigenvalue weighted by Gasteiger charge is 2.17. The third-order valence-corrected chi connectivity index (χ3v) is 4.36. The fourth-order valence-electron chi connectivity index (χ4n) is 2.63. The molecular formula is C22H22Cl2N6O2. The molecule has 0 fully saturated rings. The van der Waals surface area contributed by atoms with Crippen molar-refractivity contribution in [3.8, 4) is 0 Å². The molecule has 0 saturated carbocycles. The van der Waals surface area contributed by atoms with Crippen LogP contribution >= 0.6 is 23.2 Å². The van der Waals surface area contributed by atoms with E-state index in [0.717, 1.165) is 5.56 Å². The van der Waals surface area contributed by atoms with Crippen molar-refractivity contribution in [3.63, 3.8) is 0 Å². The van der Waals surface area contributed by atoms with Crippen molar-refractivity contribution in [2.75, 3.05) is 16.4 Å². The molecule has 0 saturated heterocycles. The molecule has 0 atom stereocenters. The van der Waals surface area contributed by atoms with Crippen molar-refractivity contribution in [3.05, 3.63) is 64.3 Å². The Balaban J connectivity index is 1.93. The van der Waals surface area contributed by atoms with Crippen LogP contribution in [0.2, 0.25) is 10.3 Å². The predicted molar refractivity (Wildman–Crippen MR) is 129 cm³/mol. The molecule has 1 amide bonds. The monoisotopic (exact) mass is 472 g/mol. The standard InChI is InChI=1S/C22H22Cl2N6O2/c1-22(2,3)32-21(31)29-18-7-6-16(28-19-17(23)12-27-20(24)30-19)9-14(18)5-4-13-8-15(25)11-26-10-13/h4-12H,25H2,1-3H3,(H,29,31)(H,27,28,30)/b5-4+. The number of halogens is 2. The van der Waals surface area contributed by atoms with E-state index in [0.29, 0.717) is 33.5 Å². The number of anilines is 4. The topological polar surface area (TPSA) is 115 Å². The molecule has 0 bridgehead atoms. The number of nitrogen functional groups attached to an aromatic ring is 1. The van der Waals surface area contributed by atoms with Crippen molar-refractivity contribution in [1.29, 1.82) is 0 Å². The lowest BCUT2D eigenvalue weighted by Gasteiger charge is -2.20. The SMILES string of the molecule is CC(C)(C)OC(=O)Nc1ccc(Nc2nc(Cl)ncc2Cl)cc1/C=C/c1cncc(N)c1. The minimum Gasteiger partial charge on any atom is -0.444 e. The van der Waals surface area contributed by atoms with Crippen molar-refractivity contribution in [1.82, 2.24) is 15.0 Å². The number of nitrogens with two attached hydrogens (primary N) is 1. The Hall–Kier alpha value is -3.36. The largest absolute Gasteiger partial charge is 0.444 e. The van der Waals surface area contributed by atoms with Gasteiger partial charge in [-0.3, -0.25) is 10.3 Å². The van der Waals surface area contributed by atoms with Gasteiger partial charge in [-0.05, 0) is 62.2 Å². The molecule has 32 heavy (non-hydrogen) atoms. The van der Waals surface area contributed by atoms with Gasteiger partial charge in [0.15, 0.2) is 5.82 Å². The summed E-state index contributed by atoms with van der Waals surface area (Å²) in [5.41, 5.74) is 8.43. The molecule has 2 aromatic heterocycles. The highest BCUT2D eigenvalue weighted by atomic mass is 35.5. The van der Waals surface area contributed by atoms with Gasteiger partial charge in [-0.15, -0.1) is 0 Å². The minimum absolute atomic E-state index is 0.0643. The van der Waals surface area contributed by atoms with E-state index in [1.165, 1.54) is 6.20 Å². The molecular weight excluding hydrogens is 451 g/mol. The van der Waals surface area contributed by atoms with Gasteiger partial charge in [0, 0.05) is 23.6 Å². The molecule has 10 heteroatoms. The maximum Gasteiger partial charge on any atom is 0.412 e. The number of pyridine rings is 1. The van der Waals surface area contributed by atoms with Crippen LogP contribution in [0, 0.1) is 0 Å². The van der Waals surface area contributed by atoms with Gasteiger partial charge in [0.1, 0.15) is 10.6 Å². The van der Waals surface area contributed by atoms with E-state index in [1.807, 2.05) is 18.2 Å². The van der Waals surface area contributed by atoms with Crippen LogP contribution in [0.25, 0.3) is 12.2 Å². The van der Waals surface area contributed by atoms with Gasteiger partial charge < -0.3 is 15.8 Å². The molecule has 3 aromatic rings. The van der Waals surface area contributed by atoms with Gasteiger partial charge in [0.05, 0.1) is 17.6 Å². The molecule has 1 aromatic carbocycles. The summed E-state index contributed by atoms with van der Waals surface area (Å²) in [6.07, 6.45) is 7.74. The summed E-state index contributed by atoms with van der Waals surface area (Å²) >= 11 is 12.0. The van der Waals surface area contributed by atoms with Crippen LogP contribution in [0.15, 0.2) is 42.9 Å². The van der Waals surface area contributed by atoms with Crippen LogP contribution < -0.4 is 16.4 Å². The first-order valence-electron chi connectivity index (χ1n) is 9.57. The quantitative estimate of drug-likeness (QED) is 0.388. The van der Waals surface area contributed by atoms with E-state index in [2.05, 4.69) is 25.6 Å². The Kier molecular flexibility index (Phi) is 7.17. The summed E-state index contributed by atoms with van der Waals surface area (Å²) in [5, 5.41) is 6.25. The van der Waals surface area contributed by atoms with Crippen LogP contribution in [0.5, 0.6) is 0 Å². The van der Waals surface area contributed by atoms with Gasteiger partial charge in [-0.25, -0.2) is 9.78 Å². The fourth-order valence-corrected chi connectivity index (χ4v) is 2.90. The van der Waals surface area contributed by atoms with E-state index in [9.17, 15) is 4.79 Å². The number of nitrogens with zero attached hydrogens (tertiary/aromatic N) is 3. The first-order chi connectivity index (χ1) is 15.1. The minimum atomic E-state index is -0.627. The van der Waals surface area contributed by atoms with E-state index in [4.69, 9.17) is 33.7 Å². The maximum absolute atomic E-state index is 12.3. The van der Waals surface area contributed by atoms with Crippen LogP contribution in [0.1, 0.15) is 31.9 Å². The zero-order valence-corrected chi connectivity index (χ0v) is 19.2. The number of aromatic nitrogens is 3. The van der Waals surface area contributed by atoms with E-state index < -0.39 is 11.7 Å². The predicted octanol–water partition coefficient (Wildman–Crippen LogP) is 6.02. The third-order valence-electron chi connectivity index (χ3n) is 3.90. The number of hydrogen-bond donors (Lipinski definition) is 3. The second kappa shape index (κ2) is 9.84. The Morgan fingerprint density at radius 3 is 2.62 bits per heavy atom. The molecule has 0 spiro atoms. The molecule has 8 nitrogen and oxygen atoms in total. The Morgan fingerprint density at radius 2 is 1.91 bits per heavy atom. The number of ether oxygens (including phenoxy) is 1. The second-order valence-corrected chi connectivity index (χ2v) is 8.52. The lowest BCUT2D eigenvalue weighted by molar-refractivity contribution is 0.0636. The third kappa shape index (κ3) is 6.83. The number of hydrogen-bond acceptors (Lipinski definition) is 7. The van der Waals surface area contributed by atoms with E-state index >= 15 is 0 Å². The normalized spacial score (nSPS) is 11.4. The number of carbonyl (C=O) groups excluding carboxylic acids is 1. The molecule has 3 rings (SSSR count). The first-order valence-corrected chi connectivity index (χ1v) is 10.3. The first kappa shape index (κ1) is 23.3. The van der Waals surface area contributed by atoms with Crippen LogP contribution in [-0.2, 0) is 4.74 Å². The second-order valence-electron chi connectivity index (χ2n) is 7.77. The van der Waals surface area contributed by atoms with E-state index in [1.54, 1.807) is 51.4 Å². The average molecular weight is 473 g/mol. The van der Waals surface area contributed by atoms with Gasteiger partial charge in [0.2, 0.25) is 5.28 Å². The fraction of sp³-hybridized carbons (Fsp3) is 0.182. The molecule has 0 radical (unpaired) electrons. The molecule has 0 aliphatic heterocycles. The van der Waals surface area contributed by atoms with Crippen molar-refractivity contribution in [2.24, 2.45) is 0 Å². The molecule has 0 unspecified atom stereocenters. The number of amides is 1. The van der Waals surface area contributed by atoms with E-state index in [-0.39, 0.29) is 5.28 Å². The lowest BCUT2D eigenvalue weighted by atomic mass is 10.1. The van der Waals surface area contributed by atoms with Gasteiger partial charge in [-0.1, -0.05) is 23.8 Å². The zero-order valence-electron chi connectivity index (χ0n) is 17.7. The average Bonchev–Trinajstić information content (AvgIpc) is 2.69. The molecule has 2 heterocycles. The highest BCUT2D eigenvalue weighted by Crippen LogP contribution is 2.28. The Bertz CT molecular complexity index is 1160. The molecule has 4 N–H and O–H groups in total. The number of nitrogens with one attached hydrogen (secondary N) is 2. The van der Waals surface area contributed by atoms with Gasteiger partial charge >= 0.3 is 6.09 Å². The molecule has 0 aliphatic carbocycles. The molecule has 0 aliphatic rings. The number of rotatable bonds is 5. The highest BCUT2D eigenvalue weighted by molar-refractivity contribution is 6.33. The van der Waals surface area contributed by atoms with Gasteiger partial charge in [-0.2, -0.15) is 4.98 Å². The summed E-state index contributed by atoms with van der Waals surface area (Å²) in [5.74, 6) is 0.356. The summed E-state index contributed by atoms with van der Waals surface area (Å²) in [6.45, 7) is 5.39. The summed E-state index contributed by atoms with van der Waals surface area (Å²) < 4.78 is 5.36. The van der Waals surface area contributed by atoms with Crippen molar-refractivity contribution in [2.45, 2.75) is 26.4 Å². The molecule has 166 valence electrons. The Labute approximate surface area is 195 Å². The smallest absolute Gasteiger partial charge is 0.412 e. The van der Waals surface area contributed by atoms with Crippen LogP contribution in [-0.4, -0.2) is 26.6 Å². The maximum atomic E-state index is 12.3. The Morgan fingerprint density at radius 1 is 1.12 bits per heavy atom. The summed E-state index contributed by atoms with van der Waals surface area (Å²) in [4.78, 5) is 24.3. The van der Waals surface area contributed by atoms with Crippen molar-refractivity contribution >= 4 is 64.3 Å². The van der Waals surface area contributed by atoms with Gasteiger partial charge in [0.25, 0.3) is 0 Å². The summed E-state index contributed by atoms with van der Waals surface area (Å²) in [6, 6.07) is 7.10. The van der Waals surface area contributed by atoms with Crippen molar-refractivity contribution < 1.29 is 9.53 Å². The number of carbonyl (C=O) groups is 1. The van der Waals surface area contributed by atoms with Crippen LogP contribution in [0.3, 0.4) is 0 Å².